The summed E-state index contributed by atoms with van der Waals surface area (Å²) in [7, 11) is 0. The van der Waals surface area contributed by atoms with Crippen LogP contribution in [-0.4, -0.2) is 49.1 Å². The van der Waals surface area contributed by atoms with E-state index in [2.05, 4.69) is 35.8 Å². The topological polar surface area (TPSA) is 124 Å². The Hall–Kier alpha value is -4.11. The third kappa shape index (κ3) is 4.01. The molecule has 0 saturated carbocycles. The molecular formula is C25H24N8O. The largest absolute Gasteiger partial charge is 0.337 e. The summed E-state index contributed by atoms with van der Waals surface area (Å²) >= 11 is 0. The number of para-hydroxylation sites is 2. The van der Waals surface area contributed by atoms with Gasteiger partial charge in [0, 0.05) is 18.2 Å². The molecule has 5 heterocycles. The number of carbonyl (C=O) groups excluding carboxylic acids is 1. The van der Waals surface area contributed by atoms with Gasteiger partial charge < -0.3 is 15.6 Å². The second-order valence-corrected chi connectivity index (χ2v) is 8.68. The van der Waals surface area contributed by atoms with E-state index in [4.69, 9.17) is 4.98 Å². The molecule has 1 aliphatic heterocycles. The van der Waals surface area contributed by atoms with Gasteiger partial charge in [-0.1, -0.05) is 12.1 Å². The molecule has 6 rings (SSSR count). The Balaban J connectivity index is 1.27. The summed E-state index contributed by atoms with van der Waals surface area (Å²) in [6.45, 7) is 1.96. The van der Waals surface area contributed by atoms with Crippen molar-refractivity contribution >= 4 is 33.7 Å². The SMILES string of the molecule is O=C(CC1CCNCC1)Nc1cncc(-c2ccc3[nH]nc(-c4nc5ccccc5[nH]4)c3n2)c1. The number of pyridine rings is 2. The summed E-state index contributed by atoms with van der Waals surface area (Å²) in [4.78, 5) is 29.7. The molecule has 34 heavy (non-hydrogen) atoms. The van der Waals surface area contributed by atoms with E-state index in [1.807, 2.05) is 42.5 Å². The number of nitrogens with zero attached hydrogens (tertiary/aromatic N) is 4. The molecule has 1 saturated heterocycles. The lowest BCUT2D eigenvalue weighted by Gasteiger charge is -2.21. The van der Waals surface area contributed by atoms with Crippen molar-refractivity contribution in [1.82, 2.24) is 35.5 Å². The zero-order chi connectivity index (χ0) is 22.9. The molecule has 1 aliphatic rings. The van der Waals surface area contributed by atoms with Crippen LogP contribution in [0.15, 0.2) is 54.9 Å². The summed E-state index contributed by atoms with van der Waals surface area (Å²) in [6.07, 6.45) is 6.02. The highest BCUT2D eigenvalue weighted by atomic mass is 16.1. The van der Waals surface area contributed by atoms with Gasteiger partial charge in [0.1, 0.15) is 5.52 Å². The van der Waals surface area contributed by atoms with Gasteiger partial charge >= 0.3 is 0 Å². The van der Waals surface area contributed by atoms with Crippen molar-refractivity contribution in [3.05, 3.63) is 54.9 Å². The molecule has 9 nitrogen and oxygen atoms in total. The Morgan fingerprint density at radius 1 is 1.03 bits per heavy atom. The maximum Gasteiger partial charge on any atom is 0.224 e. The Morgan fingerprint density at radius 2 is 1.91 bits per heavy atom. The lowest BCUT2D eigenvalue weighted by molar-refractivity contribution is -0.117. The lowest BCUT2D eigenvalue weighted by atomic mass is 9.94. The number of aromatic nitrogens is 6. The van der Waals surface area contributed by atoms with Crippen LogP contribution in [0, 0.1) is 5.92 Å². The monoisotopic (exact) mass is 452 g/mol. The second kappa shape index (κ2) is 8.68. The molecule has 0 atom stereocenters. The number of rotatable bonds is 5. The zero-order valence-corrected chi connectivity index (χ0v) is 18.5. The fourth-order valence-corrected chi connectivity index (χ4v) is 4.50. The van der Waals surface area contributed by atoms with E-state index in [0.717, 1.165) is 59.3 Å². The van der Waals surface area contributed by atoms with Crippen molar-refractivity contribution < 1.29 is 4.79 Å². The van der Waals surface area contributed by atoms with Crippen LogP contribution in [0.3, 0.4) is 0 Å². The number of fused-ring (bicyclic) bond motifs is 2. The van der Waals surface area contributed by atoms with Crippen molar-refractivity contribution in [2.24, 2.45) is 5.92 Å². The number of anilines is 1. The number of hydrogen-bond donors (Lipinski definition) is 4. The normalized spacial score (nSPS) is 14.6. The van der Waals surface area contributed by atoms with Crippen LogP contribution in [-0.2, 0) is 4.79 Å². The molecule has 0 spiro atoms. The predicted molar refractivity (Wildman–Crippen MR) is 131 cm³/mol. The summed E-state index contributed by atoms with van der Waals surface area (Å²) in [5, 5.41) is 13.8. The minimum absolute atomic E-state index is 0.0243. The molecule has 1 fully saturated rings. The number of carbonyl (C=O) groups is 1. The van der Waals surface area contributed by atoms with E-state index in [0.29, 0.717) is 29.5 Å². The van der Waals surface area contributed by atoms with Crippen LogP contribution in [0.2, 0.25) is 0 Å². The molecule has 170 valence electrons. The molecule has 5 aromatic rings. The average molecular weight is 453 g/mol. The highest BCUT2D eigenvalue weighted by Crippen LogP contribution is 2.28. The number of H-pyrrole nitrogens is 2. The first-order valence-electron chi connectivity index (χ1n) is 11.5. The number of aromatic amines is 2. The highest BCUT2D eigenvalue weighted by molar-refractivity contribution is 5.93. The molecule has 1 aromatic carbocycles. The minimum Gasteiger partial charge on any atom is -0.337 e. The number of amides is 1. The lowest BCUT2D eigenvalue weighted by Crippen LogP contribution is -2.30. The molecule has 0 bridgehead atoms. The highest BCUT2D eigenvalue weighted by Gasteiger charge is 2.18. The average Bonchev–Trinajstić information content (AvgIpc) is 3.48. The van der Waals surface area contributed by atoms with Crippen molar-refractivity contribution in [2.45, 2.75) is 19.3 Å². The van der Waals surface area contributed by atoms with Crippen LogP contribution >= 0.6 is 0 Å². The van der Waals surface area contributed by atoms with Gasteiger partial charge in [-0.05, 0) is 62.2 Å². The smallest absolute Gasteiger partial charge is 0.224 e. The number of nitrogens with one attached hydrogen (secondary N) is 4. The number of benzene rings is 1. The van der Waals surface area contributed by atoms with Crippen LogP contribution in [0.5, 0.6) is 0 Å². The summed E-state index contributed by atoms with van der Waals surface area (Å²) in [5.74, 6) is 1.12. The number of hydrogen-bond acceptors (Lipinski definition) is 6. The molecule has 4 N–H and O–H groups in total. The third-order valence-electron chi connectivity index (χ3n) is 6.27. The number of piperidine rings is 1. The van der Waals surface area contributed by atoms with E-state index in [-0.39, 0.29) is 5.91 Å². The first-order valence-corrected chi connectivity index (χ1v) is 11.5. The molecule has 0 unspecified atom stereocenters. The van der Waals surface area contributed by atoms with E-state index >= 15 is 0 Å². The summed E-state index contributed by atoms with van der Waals surface area (Å²) < 4.78 is 0. The Kier molecular flexibility index (Phi) is 5.23. The number of imidazole rings is 1. The maximum atomic E-state index is 12.5. The first-order chi connectivity index (χ1) is 16.7. The van der Waals surface area contributed by atoms with Gasteiger partial charge in [0.05, 0.1) is 34.1 Å². The van der Waals surface area contributed by atoms with Gasteiger partial charge in [0.25, 0.3) is 0 Å². The third-order valence-corrected chi connectivity index (χ3v) is 6.27. The van der Waals surface area contributed by atoms with Crippen molar-refractivity contribution in [2.75, 3.05) is 18.4 Å². The van der Waals surface area contributed by atoms with Gasteiger partial charge in [-0.3, -0.25) is 14.9 Å². The van der Waals surface area contributed by atoms with E-state index < -0.39 is 0 Å². The van der Waals surface area contributed by atoms with E-state index in [1.165, 1.54) is 0 Å². The van der Waals surface area contributed by atoms with Crippen LogP contribution < -0.4 is 10.6 Å². The minimum atomic E-state index is 0.0243. The standard InChI is InChI=1S/C25H24N8O/c34-22(11-15-7-9-26-10-8-15)28-17-12-16(13-27-14-17)18-5-6-21-23(29-18)24(33-32-21)25-30-19-3-1-2-4-20(19)31-25/h1-6,12-15,26H,7-11H2,(H,28,34)(H,30,31)(H,32,33). The fraction of sp³-hybridized carbons (Fsp3) is 0.240. The van der Waals surface area contributed by atoms with Gasteiger partial charge in [0.2, 0.25) is 5.91 Å². The summed E-state index contributed by atoms with van der Waals surface area (Å²) in [5.41, 5.74) is 6.25. The maximum absolute atomic E-state index is 12.5. The van der Waals surface area contributed by atoms with Gasteiger partial charge in [-0.2, -0.15) is 5.10 Å². The fourth-order valence-electron chi connectivity index (χ4n) is 4.50. The molecular weight excluding hydrogens is 428 g/mol. The predicted octanol–water partition coefficient (Wildman–Crippen LogP) is 3.89. The van der Waals surface area contributed by atoms with E-state index in [9.17, 15) is 4.79 Å². The van der Waals surface area contributed by atoms with Crippen LogP contribution in [0.25, 0.3) is 44.8 Å². The molecule has 9 heteroatoms. The Morgan fingerprint density at radius 3 is 2.79 bits per heavy atom. The molecule has 4 aromatic heterocycles. The van der Waals surface area contributed by atoms with Crippen molar-refractivity contribution in [1.29, 1.82) is 0 Å². The van der Waals surface area contributed by atoms with Gasteiger partial charge in [-0.15, -0.1) is 0 Å². The van der Waals surface area contributed by atoms with Gasteiger partial charge in [-0.25, -0.2) is 9.97 Å². The summed E-state index contributed by atoms with van der Waals surface area (Å²) in [6, 6.07) is 13.6. The van der Waals surface area contributed by atoms with Crippen molar-refractivity contribution in [3.8, 4) is 22.8 Å². The quantitative estimate of drug-likeness (QED) is 0.321. The van der Waals surface area contributed by atoms with E-state index in [1.54, 1.807) is 12.4 Å². The molecule has 0 radical (unpaired) electrons. The Labute approximate surface area is 195 Å². The van der Waals surface area contributed by atoms with Gasteiger partial charge in [0.15, 0.2) is 11.5 Å². The zero-order valence-electron chi connectivity index (χ0n) is 18.5. The molecule has 1 amide bonds. The van der Waals surface area contributed by atoms with Crippen LogP contribution in [0.4, 0.5) is 5.69 Å². The van der Waals surface area contributed by atoms with Crippen molar-refractivity contribution in [3.63, 3.8) is 0 Å². The second-order valence-electron chi connectivity index (χ2n) is 8.68. The van der Waals surface area contributed by atoms with Crippen LogP contribution in [0.1, 0.15) is 19.3 Å². The molecule has 0 aliphatic carbocycles. The first kappa shape index (κ1) is 20.5. The Bertz CT molecular complexity index is 1450.